The van der Waals surface area contributed by atoms with Crippen molar-refractivity contribution in [3.05, 3.63) is 42.2 Å². The molecule has 0 amide bonds. The Morgan fingerprint density at radius 2 is 2.21 bits per heavy atom. The van der Waals surface area contributed by atoms with E-state index in [0.29, 0.717) is 11.4 Å². The molecular weight excluding hydrogens is 180 g/mol. The summed E-state index contributed by atoms with van der Waals surface area (Å²) < 4.78 is 0. The van der Waals surface area contributed by atoms with Crippen molar-refractivity contribution in [2.24, 2.45) is 0 Å². The molecule has 14 heavy (non-hydrogen) atoms. The van der Waals surface area contributed by atoms with Gasteiger partial charge in [-0.05, 0) is 24.3 Å². The average Bonchev–Trinajstić information content (AvgIpc) is 2.70. The number of rotatable bonds is 2. The Hall–Kier alpha value is -2.10. The molecule has 70 valence electrons. The van der Waals surface area contributed by atoms with Crippen molar-refractivity contribution in [3.63, 3.8) is 0 Å². The van der Waals surface area contributed by atoms with Crippen molar-refractivity contribution in [2.45, 2.75) is 0 Å². The van der Waals surface area contributed by atoms with Gasteiger partial charge in [0.25, 0.3) is 0 Å². The van der Waals surface area contributed by atoms with Gasteiger partial charge in [-0.1, -0.05) is 0 Å². The van der Waals surface area contributed by atoms with Gasteiger partial charge in [0.15, 0.2) is 0 Å². The lowest BCUT2D eigenvalue weighted by atomic mass is 10.1. The topological polar surface area (TPSA) is 66.0 Å². The molecule has 0 spiro atoms. The first kappa shape index (κ1) is 8.50. The van der Waals surface area contributed by atoms with Crippen LogP contribution in [0.1, 0.15) is 10.4 Å². The summed E-state index contributed by atoms with van der Waals surface area (Å²) in [6, 6.07) is 6.73. The lowest BCUT2D eigenvalue weighted by Crippen LogP contribution is -2.00. The minimum atomic E-state index is -0.970. The number of carboxylic acid groups (broad SMARTS) is 1. The predicted molar refractivity (Wildman–Crippen MR) is 51.0 cm³/mol. The van der Waals surface area contributed by atoms with E-state index in [9.17, 15) is 4.79 Å². The third kappa shape index (κ3) is 1.37. The van der Waals surface area contributed by atoms with Crippen LogP contribution < -0.4 is 0 Å². The van der Waals surface area contributed by atoms with E-state index < -0.39 is 5.97 Å². The summed E-state index contributed by atoms with van der Waals surface area (Å²) in [6.45, 7) is 0. The summed E-state index contributed by atoms with van der Waals surface area (Å²) >= 11 is 0. The number of hydrogen-bond acceptors (Lipinski definition) is 2. The van der Waals surface area contributed by atoms with Gasteiger partial charge in [-0.3, -0.25) is 4.98 Å². The molecule has 4 nitrogen and oxygen atoms in total. The molecule has 4 heteroatoms. The number of carbonyl (C=O) groups is 1. The zero-order valence-electron chi connectivity index (χ0n) is 7.27. The van der Waals surface area contributed by atoms with E-state index in [2.05, 4.69) is 9.97 Å². The maximum absolute atomic E-state index is 10.9. The van der Waals surface area contributed by atoms with Crippen LogP contribution in [0.4, 0.5) is 0 Å². The number of aromatic amines is 1. The van der Waals surface area contributed by atoms with Gasteiger partial charge in [0.2, 0.25) is 0 Å². The van der Waals surface area contributed by atoms with Gasteiger partial charge < -0.3 is 10.1 Å². The highest BCUT2D eigenvalue weighted by molar-refractivity contribution is 5.94. The van der Waals surface area contributed by atoms with Crippen LogP contribution in [0, 0.1) is 0 Å². The standard InChI is InChI=1S/C10H8N2O2/c13-10(14)7-3-1-6-12-9(7)8-4-2-5-11-8/h1-6,11H,(H,13,14). The monoisotopic (exact) mass is 188 g/mol. The number of aromatic nitrogens is 2. The molecule has 0 saturated carbocycles. The van der Waals surface area contributed by atoms with Crippen LogP contribution >= 0.6 is 0 Å². The van der Waals surface area contributed by atoms with E-state index in [4.69, 9.17) is 5.11 Å². The second-order valence-electron chi connectivity index (χ2n) is 2.79. The van der Waals surface area contributed by atoms with Crippen molar-refractivity contribution in [2.75, 3.05) is 0 Å². The molecular formula is C10H8N2O2. The Morgan fingerprint density at radius 1 is 1.36 bits per heavy atom. The molecule has 0 bridgehead atoms. The van der Waals surface area contributed by atoms with E-state index in [1.54, 1.807) is 30.6 Å². The van der Waals surface area contributed by atoms with Crippen molar-refractivity contribution in [1.82, 2.24) is 9.97 Å². The second-order valence-corrected chi connectivity index (χ2v) is 2.79. The van der Waals surface area contributed by atoms with E-state index in [1.807, 2.05) is 0 Å². The summed E-state index contributed by atoms with van der Waals surface area (Å²) in [5.41, 5.74) is 1.38. The molecule has 2 aromatic rings. The highest BCUT2D eigenvalue weighted by Gasteiger charge is 2.12. The molecule has 0 radical (unpaired) electrons. The van der Waals surface area contributed by atoms with Gasteiger partial charge in [-0.2, -0.15) is 0 Å². The van der Waals surface area contributed by atoms with Gasteiger partial charge in [-0.15, -0.1) is 0 Å². The van der Waals surface area contributed by atoms with Gasteiger partial charge in [-0.25, -0.2) is 4.79 Å². The van der Waals surface area contributed by atoms with Crippen LogP contribution in [-0.4, -0.2) is 21.0 Å². The Kier molecular flexibility index (Phi) is 2.02. The number of H-pyrrole nitrogens is 1. The number of aromatic carboxylic acids is 1. The van der Waals surface area contributed by atoms with Gasteiger partial charge in [0, 0.05) is 12.4 Å². The summed E-state index contributed by atoms with van der Waals surface area (Å²) in [6.07, 6.45) is 3.30. The van der Waals surface area contributed by atoms with Crippen LogP contribution in [0.5, 0.6) is 0 Å². The van der Waals surface area contributed by atoms with Crippen LogP contribution in [0.3, 0.4) is 0 Å². The largest absolute Gasteiger partial charge is 0.478 e. The fourth-order valence-corrected chi connectivity index (χ4v) is 1.27. The van der Waals surface area contributed by atoms with E-state index in [1.165, 1.54) is 6.07 Å². The van der Waals surface area contributed by atoms with Crippen molar-refractivity contribution < 1.29 is 9.90 Å². The number of pyridine rings is 1. The van der Waals surface area contributed by atoms with Crippen LogP contribution in [-0.2, 0) is 0 Å². The number of carboxylic acids is 1. The summed E-state index contributed by atoms with van der Waals surface area (Å²) in [4.78, 5) is 17.8. The van der Waals surface area contributed by atoms with E-state index in [-0.39, 0.29) is 5.56 Å². The second kappa shape index (κ2) is 3.33. The molecule has 0 atom stereocenters. The average molecular weight is 188 g/mol. The SMILES string of the molecule is O=C(O)c1cccnc1-c1ccc[nH]1. The first-order chi connectivity index (χ1) is 6.79. The lowest BCUT2D eigenvalue weighted by Gasteiger charge is -2.01. The molecule has 2 aromatic heterocycles. The highest BCUT2D eigenvalue weighted by Crippen LogP contribution is 2.18. The van der Waals surface area contributed by atoms with Crippen LogP contribution in [0.2, 0.25) is 0 Å². The molecule has 0 saturated heterocycles. The molecule has 0 aliphatic heterocycles. The summed E-state index contributed by atoms with van der Waals surface area (Å²) in [5.74, 6) is -0.970. The molecule has 0 aliphatic rings. The molecule has 0 fully saturated rings. The zero-order chi connectivity index (χ0) is 9.97. The molecule has 2 rings (SSSR count). The van der Waals surface area contributed by atoms with Gasteiger partial charge >= 0.3 is 5.97 Å². The van der Waals surface area contributed by atoms with Gasteiger partial charge in [0.05, 0.1) is 11.3 Å². The Balaban J connectivity index is 2.58. The molecule has 0 aromatic carbocycles. The minimum Gasteiger partial charge on any atom is -0.478 e. The first-order valence-electron chi connectivity index (χ1n) is 4.11. The van der Waals surface area contributed by atoms with E-state index >= 15 is 0 Å². The minimum absolute atomic E-state index is 0.204. The first-order valence-corrected chi connectivity index (χ1v) is 4.11. The Labute approximate surface area is 80.2 Å². The fourth-order valence-electron chi connectivity index (χ4n) is 1.27. The quantitative estimate of drug-likeness (QED) is 0.754. The smallest absolute Gasteiger partial charge is 0.337 e. The summed E-state index contributed by atoms with van der Waals surface area (Å²) in [7, 11) is 0. The highest BCUT2D eigenvalue weighted by atomic mass is 16.4. The maximum Gasteiger partial charge on any atom is 0.337 e. The molecule has 0 aliphatic carbocycles. The van der Waals surface area contributed by atoms with Crippen molar-refractivity contribution in [1.29, 1.82) is 0 Å². The Bertz CT molecular complexity index is 449. The molecule has 2 N–H and O–H groups in total. The van der Waals surface area contributed by atoms with E-state index in [0.717, 1.165) is 0 Å². The van der Waals surface area contributed by atoms with Crippen molar-refractivity contribution >= 4 is 5.97 Å². The molecule has 2 heterocycles. The Morgan fingerprint density at radius 3 is 2.86 bits per heavy atom. The number of hydrogen-bond donors (Lipinski definition) is 2. The van der Waals surface area contributed by atoms with Gasteiger partial charge in [0.1, 0.15) is 5.69 Å². The fraction of sp³-hybridized carbons (Fsp3) is 0. The third-order valence-electron chi connectivity index (χ3n) is 1.89. The predicted octanol–water partition coefficient (Wildman–Crippen LogP) is 1.77. The zero-order valence-corrected chi connectivity index (χ0v) is 7.27. The molecule has 0 unspecified atom stereocenters. The summed E-state index contributed by atoms with van der Waals surface area (Å²) in [5, 5.41) is 8.91. The normalized spacial score (nSPS) is 10.0. The number of nitrogens with zero attached hydrogens (tertiary/aromatic N) is 1. The van der Waals surface area contributed by atoms with Crippen LogP contribution in [0.25, 0.3) is 11.4 Å². The third-order valence-corrected chi connectivity index (χ3v) is 1.89. The lowest BCUT2D eigenvalue weighted by molar-refractivity contribution is 0.0697. The van der Waals surface area contributed by atoms with Crippen LogP contribution in [0.15, 0.2) is 36.7 Å². The maximum atomic E-state index is 10.9. The number of nitrogens with one attached hydrogen (secondary N) is 1. The van der Waals surface area contributed by atoms with Crippen molar-refractivity contribution in [3.8, 4) is 11.4 Å².